The molecule has 2 aromatic carbocycles. The van der Waals surface area contributed by atoms with E-state index in [1.807, 2.05) is 60.4 Å². The number of fused-ring (bicyclic) bond motifs is 1. The molecule has 0 atom stereocenters. The van der Waals surface area contributed by atoms with Crippen molar-refractivity contribution in [1.29, 1.82) is 0 Å². The van der Waals surface area contributed by atoms with Gasteiger partial charge in [0.1, 0.15) is 5.71 Å². The van der Waals surface area contributed by atoms with Crippen LogP contribution in [0.2, 0.25) is 0 Å². The Bertz CT molecular complexity index is 716. The summed E-state index contributed by atoms with van der Waals surface area (Å²) >= 11 is 0. The zero-order chi connectivity index (χ0) is 15.5. The van der Waals surface area contributed by atoms with Crippen LogP contribution in [0.4, 0.5) is 11.4 Å². The number of rotatable bonds is 4. The number of carbonyl (C=O) groups is 1. The van der Waals surface area contributed by atoms with E-state index in [2.05, 4.69) is 11.9 Å². The highest BCUT2D eigenvalue weighted by atomic mass is 16.2. The lowest BCUT2D eigenvalue weighted by Gasteiger charge is -2.15. The Balaban J connectivity index is 2.01. The highest BCUT2D eigenvalue weighted by Gasteiger charge is 2.33. The van der Waals surface area contributed by atoms with Crippen LogP contribution in [0.25, 0.3) is 0 Å². The molecular formula is C19H20N2O. The molecule has 3 rings (SSSR count). The van der Waals surface area contributed by atoms with Crippen molar-refractivity contribution < 1.29 is 4.79 Å². The highest BCUT2D eigenvalue weighted by Crippen LogP contribution is 2.31. The Kier molecular flexibility index (Phi) is 4.05. The largest absolute Gasteiger partial charge is 0.306 e. The molecule has 3 nitrogen and oxygen atoms in total. The fraction of sp³-hybridized carbons (Fsp3) is 0.263. The number of unbranched alkanes of at least 4 members (excludes halogenated alkanes) is 1. The maximum atomic E-state index is 12.7. The molecule has 2 aromatic rings. The molecule has 22 heavy (non-hydrogen) atoms. The first-order valence-corrected chi connectivity index (χ1v) is 7.77. The van der Waals surface area contributed by atoms with E-state index in [0.717, 1.165) is 36.3 Å². The van der Waals surface area contributed by atoms with Gasteiger partial charge in [-0.3, -0.25) is 4.79 Å². The van der Waals surface area contributed by atoms with Gasteiger partial charge >= 0.3 is 0 Å². The first-order chi connectivity index (χ1) is 10.7. The van der Waals surface area contributed by atoms with Crippen molar-refractivity contribution in [2.45, 2.75) is 26.7 Å². The Morgan fingerprint density at radius 2 is 1.77 bits per heavy atom. The number of carbonyl (C=O) groups excluding carboxylic acids is 1. The van der Waals surface area contributed by atoms with E-state index in [1.165, 1.54) is 5.56 Å². The summed E-state index contributed by atoms with van der Waals surface area (Å²) in [7, 11) is 0. The molecule has 1 aliphatic heterocycles. The number of anilines is 1. The SMILES string of the molecule is CCCCN1C(=O)C(=Nc2ccc(C)cc2)c2ccccc21. The number of benzene rings is 2. The van der Waals surface area contributed by atoms with Gasteiger partial charge in [-0.25, -0.2) is 4.99 Å². The zero-order valence-corrected chi connectivity index (χ0v) is 13.0. The highest BCUT2D eigenvalue weighted by molar-refractivity contribution is 6.54. The molecule has 0 N–H and O–H groups in total. The van der Waals surface area contributed by atoms with Crippen LogP contribution in [0.3, 0.4) is 0 Å². The number of aliphatic imine (C=N–C) groups is 1. The van der Waals surface area contributed by atoms with Crippen molar-refractivity contribution >= 4 is 23.0 Å². The van der Waals surface area contributed by atoms with Crippen LogP contribution in [0.15, 0.2) is 53.5 Å². The standard InChI is InChI=1S/C19H20N2O/c1-3-4-13-21-17-8-6-5-7-16(17)18(19(21)22)20-15-11-9-14(2)10-12-15/h5-12H,3-4,13H2,1-2H3. The van der Waals surface area contributed by atoms with E-state index < -0.39 is 0 Å². The lowest BCUT2D eigenvalue weighted by molar-refractivity contribution is -0.112. The van der Waals surface area contributed by atoms with Crippen molar-refractivity contribution in [3.8, 4) is 0 Å². The van der Waals surface area contributed by atoms with Crippen molar-refractivity contribution in [1.82, 2.24) is 0 Å². The second kappa shape index (κ2) is 6.14. The molecule has 112 valence electrons. The van der Waals surface area contributed by atoms with Gasteiger partial charge in [0.15, 0.2) is 0 Å². The van der Waals surface area contributed by atoms with E-state index in [0.29, 0.717) is 5.71 Å². The number of amides is 1. The van der Waals surface area contributed by atoms with Crippen LogP contribution < -0.4 is 4.90 Å². The average Bonchev–Trinajstić information content (AvgIpc) is 2.80. The summed E-state index contributed by atoms with van der Waals surface area (Å²) in [5.74, 6) is 0.00947. The molecule has 0 saturated heterocycles. The van der Waals surface area contributed by atoms with Crippen LogP contribution in [-0.4, -0.2) is 18.2 Å². The quantitative estimate of drug-likeness (QED) is 0.828. The lowest BCUT2D eigenvalue weighted by Crippen LogP contribution is -2.30. The molecular weight excluding hydrogens is 272 g/mol. The van der Waals surface area contributed by atoms with Crippen LogP contribution in [0.1, 0.15) is 30.9 Å². The normalized spacial score (nSPS) is 15.5. The average molecular weight is 292 g/mol. The summed E-state index contributed by atoms with van der Waals surface area (Å²) in [6, 6.07) is 15.8. The Morgan fingerprint density at radius 1 is 1.05 bits per heavy atom. The van der Waals surface area contributed by atoms with Gasteiger partial charge in [-0.2, -0.15) is 0 Å². The molecule has 1 aliphatic rings. The fourth-order valence-electron chi connectivity index (χ4n) is 2.66. The Hall–Kier alpha value is -2.42. The predicted molar refractivity (Wildman–Crippen MR) is 91.1 cm³/mol. The van der Waals surface area contributed by atoms with Gasteiger partial charge in [0.2, 0.25) is 0 Å². The van der Waals surface area contributed by atoms with Gasteiger partial charge in [-0.15, -0.1) is 0 Å². The van der Waals surface area contributed by atoms with E-state index in [-0.39, 0.29) is 5.91 Å². The Labute approximate surface area is 131 Å². The first kappa shape index (κ1) is 14.5. The van der Waals surface area contributed by atoms with Gasteiger partial charge in [0.25, 0.3) is 5.91 Å². The fourth-order valence-corrected chi connectivity index (χ4v) is 2.66. The van der Waals surface area contributed by atoms with Crippen molar-refractivity contribution in [3.05, 3.63) is 59.7 Å². The number of hydrogen-bond acceptors (Lipinski definition) is 2. The lowest BCUT2D eigenvalue weighted by atomic mass is 10.1. The molecule has 1 amide bonds. The van der Waals surface area contributed by atoms with E-state index in [9.17, 15) is 4.79 Å². The summed E-state index contributed by atoms with van der Waals surface area (Å²) in [6.45, 7) is 4.92. The second-order valence-corrected chi connectivity index (χ2v) is 5.62. The molecule has 0 bridgehead atoms. The van der Waals surface area contributed by atoms with Gasteiger partial charge in [0.05, 0.1) is 11.4 Å². The smallest absolute Gasteiger partial charge is 0.277 e. The number of hydrogen-bond donors (Lipinski definition) is 0. The van der Waals surface area contributed by atoms with Crippen LogP contribution in [-0.2, 0) is 4.79 Å². The summed E-state index contributed by atoms with van der Waals surface area (Å²) in [5.41, 5.74) is 4.47. The van der Waals surface area contributed by atoms with Crippen molar-refractivity contribution in [2.24, 2.45) is 4.99 Å². The summed E-state index contributed by atoms with van der Waals surface area (Å²) in [4.78, 5) is 19.2. The van der Waals surface area contributed by atoms with E-state index in [1.54, 1.807) is 0 Å². The van der Waals surface area contributed by atoms with Crippen LogP contribution >= 0.6 is 0 Å². The molecule has 3 heteroatoms. The maximum absolute atomic E-state index is 12.7. The molecule has 0 fully saturated rings. The summed E-state index contributed by atoms with van der Waals surface area (Å²) in [5, 5.41) is 0. The Morgan fingerprint density at radius 3 is 2.50 bits per heavy atom. The molecule has 0 aromatic heterocycles. The monoisotopic (exact) mass is 292 g/mol. The molecule has 0 aliphatic carbocycles. The molecule has 0 radical (unpaired) electrons. The van der Waals surface area contributed by atoms with Gasteiger partial charge in [-0.05, 0) is 31.5 Å². The van der Waals surface area contributed by atoms with Crippen LogP contribution in [0, 0.1) is 6.92 Å². The molecule has 0 unspecified atom stereocenters. The number of nitrogens with zero attached hydrogens (tertiary/aromatic N) is 2. The molecule has 1 heterocycles. The maximum Gasteiger partial charge on any atom is 0.277 e. The summed E-state index contributed by atoms with van der Waals surface area (Å²) in [6.07, 6.45) is 2.06. The van der Waals surface area contributed by atoms with Gasteiger partial charge in [-0.1, -0.05) is 49.2 Å². The minimum Gasteiger partial charge on any atom is -0.306 e. The third-order valence-electron chi connectivity index (χ3n) is 3.91. The molecule has 0 saturated carbocycles. The third-order valence-corrected chi connectivity index (χ3v) is 3.91. The minimum absolute atomic E-state index is 0.00947. The van der Waals surface area contributed by atoms with E-state index >= 15 is 0 Å². The second-order valence-electron chi connectivity index (χ2n) is 5.62. The molecule has 0 spiro atoms. The zero-order valence-electron chi connectivity index (χ0n) is 13.0. The third kappa shape index (κ3) is 2.67. The van der Waals surface area contributed by atoms with Gasteiger partial charge < -0.3 is 4.90 Å². The predicted octanol–water partition coefficient (Wildman–Crippen LogP) is 4.26. The number of para-hydroxylation sites is 1. The van der Waals surface area contributed by atoms with Crippen molar-refractivity contribution in [3.63, 3.8) is 0 Å². The van der Waals surface area contributed by atoms with Gasteiger partial charge in [0, 0.05) is 12.1 Å². The van der Waals surface area contributed by atoms with Crippen molar-refractivity contribution in [2.75, 3.05) is 11.4 Å². The number of aryl methyl sites for hydroxylation is 1. The minimum atomic E-state index is 0.00947. The summed E-state index contributed by atoms with van der Waals surface area (Å²) < 4.78 is 0. The van der Waals surface area contributed by atoms with E-state index in [4.69, 9.17) is 0 Å². The van der Waals surface area contributed by atoms with Crippen LogP contribution in [0.5, 0.6) is 0 Å². The first-order valence-electron chi connectivity index (χ1n) is 7.77. The topological polar surface area (TPSA) is 32.7 Å².